The van der Waals surface area contributed by atoms with Crippen molar-refractivity contribution in [1.29, 1.82) is 0 Å². The number of likely N-dealkylation sites (N-methyl/N-ethyl adjacent to an activating group) is 1. The van der Waals surface area contributed by atoms with Gasteiger partial charge in [-0.2, -0.15) is 0 Å². The molecule has 440 valence electrons. The second-order valence-electron chi connectivity index (χ2n) is 22.9. The van der Waals surface area contributed by atoms with Crippen molar-refractivity contribution in [3.63, 3.8) is 0 Å². The number of rotatable bonds is 58. The average Bonchev–Trinajstić information content (AvgIpc) is 3.37. The number of carbonyl (C=O) groups excluding carboxylic acids is 2. The first kappa shape index (κ1) is 73.0. The molecule has 0 aliphatic carbocycles. The van der Waals surface area contributed by atoms with Crippen LogP contribution in [-0.4, -0.2) is 74.3 Å². The minimum absolute atomic E-state index is 0.0418. The van der Waals surface area contributed by atoms with Crippen molar-refractivity contribution in [2.45, 2.75) is 315 Å². The Balaban J connectivity index is 4.95. The normalized spacial score (nSPS) is 14.0. The van der Waals surface area contributed by atoms with Crippen molar-refractivity contribution in [1.82, 2.24) is 5.32 Å². The second kappa shape index (κ2) is 55.3. The molecule has 0 aliphatic rings. The van der Waals surface area contributed by atoms with E-state index < -0.39 is 20.0 Å². The van der Waals surface area contributed by atoms with Crippen molar-refractivity contribution >= 4 is 19.7 Å². The van der Waals surface area contributed by atoms with E-state index in [1.165, 1.54) is 199 Å². The molecule has 0 fully saturated rings. The molecule has 9 nitrogen and oxygen atoms in total. The van der Waals surface area contributed by atoms with Gasteiger partial charge in [0.25, 0.3) is 0 Å². The summed E-state index contributed by atoms with van der Waals surface area (Å²) >= 11 is 0. The molecule has 3 atom stereocenters. The van der Waals surface area contributed by atoms with Gasteiger partial charge in [-0.15, -0.1) is 0 Å². The number of allylic oxidation sites excluding steroid dienone is 7. The zero-order valence-electron chi connectivity index (χ0n) is 50.3. The monoisotopic (exact) mass is 1080 g/mol. The van der Waals surface area contributed by atoms with Gasteiger partial charge < -0.3 is 19.4 Å². The maximum absolute atomic E-state index is 13.5. The van der Waals surface area contributed by atoms with Crippen LogP contribution in [0.1, 0.15) is 303 Å². The van der Waals surface area contributed by atoms with Crippen LogP contribution in [0.2, 0.25) is 0 Å². The maximum atomic E-state index is 13.5. The Morgan fingerprint density at radius 2 is 0.813 bits per heavy atom. The fourth-order valence-corrected chi connectivity index (χ4v) is 10.0. The zero-order valence-corrected chi connectivity index (χ0v) is 51.2. The Labute approximate surface area is 465 Å². The molecule has 0 heterocycles. The third-order valence-corrected chi connectivity index (χ3v) is 15.3. The van der Waals surface area contributed by atoms with E-state index in [1.54, 1.807) is 0 Å². The Bertz CT molecular complexity index is 1420. The van der Waals surface area contributed by atoms with Crippen LogP contribution in [0.25, 0.3) is 0 Å². The molecule has 0 aromatic rings. The summed E-state index contributed by atoms with van der Waals surface area (Å²) in [5, 5.41) is 3.06. The molecule has 10 heteroatoms. The van der Waals surface area contributed by atoms with Crippen LogP contribution in [0.15, 0.2) is 48.6 Å². The minimum atomic E-state index is -4.44. The molecule has 0 aromatic heterocycles. The van der Waals surface area contributed by atoms with Crippen molar-refractivity contribution in [2.75, 3.05) is 40.9 Å². The SMILES string of the molecule is CCCCC/C=C\C/C=C\C/C=C\CCCCCCCCCCCCCCCCC(=O)NC(COP(=O)(O)OCC[N+](C)(C)C)C(/C=C\CCCCCCCCCCC)OC(=O)CCCCCCCCCCCCC. The lowest BCUT2D eigenvalue weighted by Crippen LogP contribution is -2.47. The van der Waals surface area contributed by atoms with E-state index in [0.717, 1.165) is 70.6 Å². The number of hydrogen-bond donors (Lipinski definition) is 2. The summed E-state index contributed by atoms with van der Waals surface area (Å²) in [5.41, 5.74) is 0. The predicted octanol–water partition coefficient (Wildman–Crippen LogP) is 19.7. The largest absolute Gasteiger partial charge is 0.472 e. The van der Waals surface area contributed by atoms with Crippen LogP contribution >= 0.6 is 7.82 Å². The van der Waals surface area contributed by atoms with Gasteiger partial charge in [-0.1, -0.05) is 269 Å². The van der Waals surface area contributed by atoms with Crippen molar-refractivity contribution in [3.05, 3.63) is 48.6 Å². The van der Waals surface area contributed by atoms with Crippen LogP contribution < -0.4 is 5.32 Å². The van der Waals surface area contributed by atoms with Crippen LogP contribution in [0.3, 0.4) is 0 Å². The number of unbranched alkanes of at least 4 members (excludes halogenated alkanes) is 36. The summed E-state index contributed by atoms with van der Waals surface area (Å²) in [5.74, 6) is -0.497. The summed E-state index contributed by atoms with van der Waals surface area (Å²) in [6, 6.07) is -0.844. The Kier molecular flexibility index (Phi) is 53.8. The number of phosphoric acid groups is 1. The highest BCUT2D eigenvalue weighted by Gasteiger charge is 2.30. The number of hydrogen-bond acceptors (Lipinski definition) is 6. The fraction of sp³-hybridized carbons (Fsp3) is 0.846. The molecule has 0 saturated carbocycles. The quantitative estimate of drug-likeness (QED) is 0.0205. The minimum Gasteiger partial charge on any atom is -0.456 e. The van der Waals surface area contributed by atoms with Crippen LogP contribution in [0.4, 0.5) is 0 Å². The number of nitrogens with zero attached hydrogens (tertiary/aromatic N) is 1. The van der Waals surface area contributed by atoms with Gasteiger partial charge in [0.15, 0.2) is 0 Å². The highest BCUT2D eigenvalue weighted by Crippen LogP contribution is 2.43. The van der Waals surface area contributed by atoms with Gasteiger partial charge in [0.2, 0.25) is 5.91 Å². The number of carbonyl (C=O) groups is 2. The highest BCUT2D eigenvalue weighted by atomic mass is 31.2. The standard InChI is InChI=1S/C65H123N2O7P/c1-7-10-13-16-19-22-25-26-27-28-29-30-31-32-33-34-35-36-37-38-39-40-43-45-48-51-54-57-64(68)66-62(61-73-75(70,71)72-60-59-67(4,5)6)63(56-53-50-47-44-41-23-20-17-14-11-8-2)74-65(69)58-55-52-49-46-42-24-21-18-15-12-9-3/h19,22,26-27,29-30,53,56,62-63H,7-18,20-21,23-25,28,31-52,54-55,57-61H2,1-6H3,(H-,66,68,70,71)/p+1/b22-19-,27-26-,30-29-,56-53-. The molecular weight excluding hydrogens is 952 g/mol. The number of esters is 1. The molecule has 0 aliphatic heterocycles. The molecule has 0 saturated heterocycles. The van der Waals surface area contributed by atoms with Crippen LogP contribution in [0, 0.1) is 0 Å². The third-order valence-electron chi connectivity index (χ3n) is 14.3. The lowest BCUT2D eigenvalue weighted by molar-refractivity contribution is -0.870. The summed E-state index contributed by atoms with van der Waals surface area (Å²) in [6.45, 7) is 6.99. The molecule has 3 unspecified atom stereocenters. The molecule has 0 rings (SSSR count). The molecule has 75 heavy (non-hydrogen) atoms. The van der Waals surface area contributed by atoms with Crippen LogP contribution in [-0.2, 0) is 27.9 Å². The van der Waals surface area contributed by atoms with Gasteiger partial charge in [0.05, 0.1) is 33.8 Å². The fourth-order valence-electron chi connectivity index (χ4n) is 9.30. The van der Waals surface area contributed by atoms with Crippen LogP contribution in [0.5, 0.6) is 0 Å². The predicted molar refractivity (Wildman–Crippen MR) is 323 cm³/mol. The molecule has 0 radical (unpaired) electrons. The van der Waals surface area contributed by atoms with E-state index in [0.29, 0.717) is 23.9 Å². The first-order valence-corrected chi connectivity index (χ1v) is 33.5. The summed E-state index contributed by atoms with van der Waals surface area (Å²) in [4.78, 5) is 37.6. The van der Waals surface area contributed by atoms with Gasteiger partial charge in [-0.25, -0.2) is 4.57 Å². The lowest BCUT2D eigenvalue weighted by Gasteiger charge is -2.27. The molecule has 1 amide bonds. The van der Waals surface area contributed by atoms with Crippen molar-refractivity contribution < 1.29 is 37.3 Å². The van der Waals surface area contributed by atoms with Gasteiger partial charge in [-0.3, -0.25) is 18.6 Å². The summed E-state index contributed by atoms with van der Waals surface area (Å²) < 4.78 is 30.6. The smallest absolute Gasteiger partial charge is 0.456 e. The Morgan fingerprint density at radius 1 is 0.467 bits per heavy atom. The number of phosphoric ester groups is 1. The number of amides is 1. The average molecular weight is 1080 g/mol. The van der Waals surface area contributed by atoms with Crippen molar-refractivity contribution in [3.8, 4) is 0 Å². The van der Waals surface area contributed by atoms with Crippen molar-refractivity contribution in [2.24, 2.45) is 0 Å². The number of quaternary nitrogens is 1. The van der Waals surface area contributed by atoms with E-state index in [4.69, 9.17) is 13.8 Å². The number of nitrogens with one attached hydrogen (secondary N) is 1. The van der Waals surface area contributed by atoms with E-state index in [2.05, 4.69) is 62.5 Å². The van der Waals surface area contributed by atoms with Gasteiger partial charge in [0, 0.05) is 12.8 Å². The summed E-state index contributed by atoms with van der Waals surface area (Å²) in [6.07, 6.45) is 68.3. The Hall–Kier alpha value is -2.03. The second-order valence-corrected chi connectivity index (χ2v) is 24.4. The number of ether oxygens (including phenoxy) is 1. The van der Waals surface area contributed by atoms with E-state index >= 15 is 0 Å². The maximum Gasteiger partial charge on any atom is 0.472 e. The molecule has 0 aromatic carbocycles. The van der Waals surface area contributed by atoms with Gasteiger partial charge in [0.1, 0.15) is 19.3 Å². The molecule has 0 spiro atoms. The first-order valence-electron chi connectivity index (χ1n) is 32.0. The van der Waals surface area contributed by atoms with E-state index in [9.17, 15) is 19.0 Å². The first-order chi connectivity index (χ1) is 36.4. The third kappa shape index (κ3) is 56.5. The molecular formula is C65H124N2O7P+. The Morgan fingerprint density at radius 3 is 1.24 bits per heavy atom. The lowest BCUT2D eigenvalue weighted by atomic mass is 10.0. The molecule has 2 N–H and O–H groups in total. The van der Waals surface area contributed by atoms with Gasteiger partial charge in [-0.05, 0) is 70.3 Å². The molecule has 0 bridgehead atoms. The van der Waals surface area contributed by atoms with Gasteiger partial charge >= 0.3 is 13.8 Å². The topological polar surface area (TPSA) is 111 Å². The highest BCUT2D eigenvalue weighted by molar-refractivity contribution is 7.47. The van der Waals surface area contributed by atoms with E-state index in [1.807, 2.05) is 33.3 Å². The summed E-state index contributed by atoms with van der Waals surface area (Å²) in [7, 11) is 1.50. The van der Waals surface area contributed by atoms with E-state index in [-0.39, 0.29) is 25.1 Å². The zero-order chi connectivity index (χ0) is 55.0.